The van der Waals surface area contributed by atoms with E-state index in [1.54, 1.807) is 42.5 Å². The van der Waals surface area contributed by atoms with Crippen molar-refractivity contribution in [3.8, 4) is 17.2 Å². The Morgan fingerprint density at radius 2 is 1.66 bits per heavy atom. The van der Waals surface area contributed by atoms with Crippen LogP contribution in [0, 0.1) is 0 Å². The summed E-state index contributed by atoms with van der Waals surface area (Å²) in [5, 5.41) is 22.5. The van der Waals surface area contributed by atoms with E-state index in [0.717, 1.165) is 4.90 Å². The van der Waals surface area contributed by atoms with Crippen LogP contribution in [0.4, 0.5) is 10.5 Å². The molecule has 3 aromatic carbocycles. The highest BCUT2D eigenvalue weighted by Crippen LogP contribution is 2.42. The number of hydrogen-bond donors (Lipinski definition) is 3. The van der Waals surface area contributed by atoms with Gasteiger partial charge in [-0.2, -0.15) is 0 Å². The van der Waals surface area contributed by atoms with Crippen LogP contribution in [0.1, 0.15) is 47.2 Å². The predicted octanol–water partition coefficient (Wildman–Crippen LogP) is 2.15. The number of aliphatic hydroxyl groups excluding tert-OH is 1. The molecule has 0 bridgehead atoms. The van der Waals surface area contributed by atoms with Gasteiger partial charge in [0.05, 0.1) is 50.3 Å². The van der Waals surface area contributed by atoms with E-state index in [-0.39, 0.29) is 60.1 Å². The fourth-order valence-electron chi connectivity index (χ4n) is 7.93. The minimum Gasteiger partial charge on any atom is -0.493 e. The summed E-state index contributed by atoms with van der Waals surface area (Å²) in [6.07, 6.45) is -1.11. The summed E-state index contributed by atoms with van der Waals surface area (Å²) in [6.45, 7) is -0.349. The van der Waals surface area contributed by atoms with Gasteiger partial charge in [0, 0.05) is 24.6 Å². The largest absolute Gasteiger partial charge is 0.493 e. The second-order valence-electron chi connectivity index (χ2n) is 14.9. The molecule has 4 aliphatic rings. The second-order valence-corrected chi connectivity index (χ2v) is 17.0. The standard InChI is InChI=1S/C42H44N4O15S/c1-57-31-19-28-30(20-32(31)59-17-7-11-34(48)58-2)45(38(50)29-10-6-16-44(29)37(28)49)42(54)61-21-25-12-14-27(15-13-25)60-22-26-23-62(55,56)40-35(39(51)46(40)36(26)41(52)53)43-33(47)18-24-8-4-3-5-9-24/h3-5,8-9,12-15,19-20,29,35,38,40,50H,6-7,10-11,16-18,21-23H2,1-2H3,(H,43,47)(H,52,53). The lowest BCUT2D eigenvalue weighted by Crippen LogP contribution is -2.75. The van der Waals surface area contributed by atoms with Crippen LogP contribution in [-0.4, -0.2) is 128 Å². The predicted molar refractivity (Wildman–Crippen MR) is 216 cm³/mol. The molecular formula is C42H44N4O15S. The quantitative estimate of drug-likeness (QED) is 0.113. The van der Waals surface area contributed by atoms with Crippen molar-refractivity contribution in [3.05, 3.63) is 94.7 Å². The summed E-state index contributed by atoms with van der Waals surface area (Å²) in [7, 11) is -1.49. The number of nitrogens with one attached hydrogen (secondary N) is 1. The number of esters is 1. The highest BCUT2D eigenvalue weighted by molar-refractivity contribution is 7.92. The number of hydrogen-bond acceptors (Lipinski definition) is 14. The Kier molecular flexibility index (Phi) is 12.7. The van der Waals surface area contributed by atoms with E-state index >= 15 is 0 Å². The zero-order valence-electron chi connectivity index (χ0n) is 33.7. The number of methoxy groups -OCH3 is 2. The van der Waals surface area contributed by atoms with Crippen molar-refractivity contribution in [3.63, 3.8) is 0 Å². The number of carbonyl (C=O) groups excluding carboxylic acids is 5. The molecule has 3 aromatic rings. The number of ether oxygens (including phenoxy) is 5. The number of amides is 4. The molecular weight excluding hydrogens is 833 g/mol. The van der Waals surface area contributed by atoms with E-state index in [2.05, 4.69) is 10.1 Å². The number of sulfone groups is 1. The Morgan fingerprint density at radius 1 is 0.919 bits per heavy atom. The zero-order valence-corrected chi connectivity index (χ0v) is 34.5. The maximum Gasteiger partial charge on any atom is 0.416 e. The molecule has 4 heterocycles. The molecule has 2 fully saturated rings. The fourth-order valence-corrected chi connectivity index (χ4v) is 9.94. The Balaban J connectivity index is 1.02. The van der Waals surface area contributed by atoms with Gasteiger partial charge in [0.1, 0.15) is 30.7 Å². The summed E-state index contributed by atoms with van der Waals surface area (Å²) in [5.74, 6) is -4.01. The molecule has 0 aromatic heterocycles. The van der Waals surface area contributed by atoms with Crippen LogP contribution < -0.4 is 24.4 Å². The third-order valence-electron chi connectivity index (χ3n) is 10.9. The summed E-state index contributed by atoms with van der Waals surface area (Å²) in [6, 6.07) is 15.4. The molecule has 20 heteroatoms. The van der Waals surface area contributed by atoms with Crippen molar-refractivity contribution in [2.45, 2.75) is 62.4 Å². The molecule has 4 atom stereocenters. The SMILES string of the molecule is COC(=O)CCCOc1cc2c(cc1OC)C(=O)N1CCCC1C(O)N2C(=O)OCc1ccc(OCC2=C(C(=O)O)N3C(=O)C(NC(=O)Cc4ccccc4)C3S(=O)(=O)C2)cc1. The first kappa shape index (κ1) is 43.4. The fraction of sp³-hybridized carbons (Fsp3) is 0.381. The number of carboxylic acids is 1. The van der Waals surface area contributed by atoms with Crippen molar-refractivity contribution in [1.29, 1.82) is 0 Å². The van der Waals surface area contributed by atoms with Gasteiger partial charge < -0.3 is 44.1 Å². The lowest BCUT2D eigenvalue weighted by molar-refractivity contribution is -0.151. The molecule has 62 heavy (non-hydrogen) atoms. The Bertz CT molecular complexity index is 2410. The first-order valence-electron chi connectivity index (χ1n) is 19.6. The smallest absolute Gasteiger partial charge is 0.416 e. The van der Waals surface area contributed by atoms with E-state index in [1.807, 2.05) is 0 Å². The number of fused-ring (bicyclic) bond motifs is 3. The average Bonchev–Trinajstić information content (AvgIpc) is 3.73. The molecule has 0 aliphatic carbocycles. The Labute approximate surface area is 355 Å². The molecule has 19 nitrogen and oxygen atoms in total. The van der Waals surface area contributed by atoms with Crippen molar-refractivity contribution >= 4 is 51.3 Å². The van der Waals surface area contributed by atoms with E-state index in [4.69, 9.17) is 18.9 Å². The van der Waals surface area contributed by atoms with E-state index in [9.17, 15) is 47.4 Å². The van der Waals surface area contributed by atoms with Crippen LogP contribution in [0.5, 0.6) is 17.2 Å². The summed E-state index contributed by atoms with van der Waals surface area (Å²) in [5.41, 5.74) is 0.519. The van der Waals surface area contributed by atoms with Gasteiger partial charge in [-0.25, -0.2) is 22.9 Å². The van der Waals surface area contributed by atoms with Gasteiger partial charge in [-0.15, -0.1) is 0 Å². The van der Waals surface area contributed by atoms with Gasteiger partial charge in [-0.1, -0.05) is 42.5 Å². The van der Waals surface area contributed by atoms with Crippen LogP contribution in [0.15, 0.2) is 78.0 Å². The first-order valence-corrected chi connectivity index (χ1v) is 21.4. The maximum absolute atomic E-state index is 13.8. The number of benzene rings is 3. The maximum atomic E-state index is 13.8. The number of carbonyl (C=O) groups is 6. The molecule has 3 N–H and O–H groups in total. The van der Waals surface area contributed by atoms with Crippen molar-refractivity contribution in [2.75, 3.05) is 44.6 Å². The van der Waals surface area contributed by atoms with E-state index in [1.165, 1.54) is 43.4 Å². The van der Waals surface area contributed by atoms with Crippen LogP contribution in [-0.2, 0) is 51.5 Å². The number of β-lactam (4-membered cyclic amide) rings is 1. The van der Waals surface area contributed by atoms with Gasteiger partial charge >= 0.3 is 18.0 Å². The van der Waals surface area contributed by atoms with Gasteiger partial charge in [0.2, 0.25) is 5.91 Å². The number of rotatable bonds is 15. The van der Waals surface area contributed by atoms with Crippen LogP contribution >= 0.6 is 0 Å². The van der Waals surface area contributed by atoms with Gasteiger partial charge in [-0.3, -0.25) is 24.1 Å². The topological polar surface area (TPSA) is 245 Å². The van der Waals surface area contributed by atoms with Gasteiger partial charge in [0.15, 0.2) is 32.9 Å². The molecule has 4 amide bonds. The highest BCUT2D eigenvalue weighted by atomic mass is 32.2. The van der Waals surface area contributed by atoms with E-state index < -0.39 is 87.3 Å². The monoisotopic (exact) mass is 876 g/mol. The lowest BCUT2D eigenvalue weighted by atomic mass is 10.0. The third-order valence-corrected chi connectivity index (χ3v) is 12.9. The summed E-state index contributed by atoms with van der Waals surface area (Å²) in [4.78, 5) is 80.6. The number of aliphatic carboxylic acids is 1. The van der Waals surface area contributed by atoms with Gasteiger partial charge in [0.25, 0.3) is 11.8 Å². The highest BCUT2D eigenvalue weighted by Gasteiger charge is 2.60. The lowest BCUT2D eigenvalue weighted by Gasteiger charge is -2.49. The molecule has 2 saturated heterocycles. The molecule has 0 spiro atoms. The van der Waals surface area contributed by atoms with Crippen molar-refractivity contribution in [2.24, 2.45) is 0 Å². The molecule has 7 rings (SSSR count). The minimum absolute atomic E-state index is 0.0313. The first-order chi connectivity index (χ1) is 29.7. The zero-order chi connectivity index (χ0) is 44.3. The number of anilines is 1. The van der Waals surface area contributed by atoms with Crippen molar-refractivity contribution in [1.82, 2.24) is 15.1 Å². The van der Waals surface area contributed by atoms with Crippen LogP contribution in [0.25, 0.3) is 0 Å². The third kappa shape index (κ3) is 8.73. The second kappa shape index (κ2) is 18.1. The average molecular weight is 877 g/mol. The molecule has 4 unspecified atom stereocenters. The van der Waals surface area contributed by atoms with Crippen LogP contribution in [0.3, 0.4) is 0 Å². The number of aliphatic hydroxyl groups is 1. The Morgan fingerprint density at radius 3 is 2.35 bits per heavy atom. The van der Waals surface area contributed by atoms with Gasteiger partial charge in [-0.05, 0) is 48.6 Å². The molecule has 328 valence electrons. The summed E-state index contributed by atoms with van der Waals surface area (Å²) < 4.78 is 54.2. The minimum atomic E-state index is -4.16. The molecule has 0 radical (unpaired) electrons. The van der Waals surface area contributed by atoms with Crippen LogP contribution in [0.2, 0.25) is 0 Å². The number of carboxylic acid groups (broad SMARTS) is 1. The molecule has 4 aliphatic heterocycles. The number of nitrogens with zero attached hydrogens (tertiary/aromatic N) is 3. The molecule has 0 saturated carbocycles. The normalized spacial score (nSPS) is 21.1. The summed E-state index contributed by atoms with van der Waals surface area (Å²) >= 11 is 0. The van der Waals surface area contributed by atoms with Crippen molar-refractivity contribution < 1.29 is 71.1 Å². The van der Waals surface area contributed by atoms with E-state index in [0.29, 0.717) is 41.8 Å². The Hall–Kier alpha value is -6.67.